The summed E-state index contributed by atoms with van der Waals surface area (Å²) < 4.78 is 5.78. The van der Waals surface area contributed by atoms with E-state index in [0.29, 0.717) is 18.4 Å². The van der Waals surface area contributed by atoms with Gasteiger partial charge in [0.1, 0.15) is 0 Å². The first kappa shape index (κ1) is 15.5. The third-order valence-corrected chi connectivity index (χ3v) is 4.18. The molecule has 0 amide bonds. The minimum Gasteiger partial charge on any atom is -0.479 e. The number of hydrogen-bond acceptors (Lipinski definition) is 3. The van der Waals surface area contributed by atoms with Gasteiger partial charge in [0.25, 0.3) is 0 Å². The summed E-state index contributed by atoms with van der Waals surface area (Å²) in [7, 11) is 0. The van der Waals surface area contributed by atoms with Crippen molar-refractivity contribution in [1.29, 1.82) is 0 Å². The zero-order valence-corrected chi connectivity index (χ0v) is 12.0. The highest BCUT2D eigenvalue weighted by molar-refractivity contribution is 5.82. The third-order valence-electron chi connectivity index (χ3n) is 4.18. The molecule has 1 aromatic rings. The van der Waals surface area contributed by atoms with E-state index in [4.69, 9.17) is 4.74 Å². The molecule has 0 unspecified atom stereocenters. The topological polar surface area (TPSA) is 83.8 Å². The molecule has 0 heterocycles. The van der Waals surface area contributed by atoms with Gasteiger partial charge in [-0.25, -0.2) is 9.59 Å². The summed E-state index contributed by atoms with van der Waals surface area (Å²) in [4.78, 5) is 23.4. The first-order valence-electron chi connectivity index (χ1n) is 7.13. The lowest BCUT2D eigenvalue weighted by atomic mass is 9.83. The molecule has 114 valence electrons. The predicted molar refractivity (Wildman–Crippen MR) is 76.0 cm³/mol. The first-order valence-corrected chi connectivity index (χ1v) is 7.13. The Bertz CT molecular complexity index is 519. The molecule has 1 aromatic carbocycles. The first-order chi connectivity index (χ1) is 9.91. The van der Waals surface area contributed by atoms with Gasteiger partial charge in [-0.3, -0.25) is 0 Å². The molecule has 0 radical (unpaired) electrons. The average Bonchev–Trinajstić information content (AvgIpc) is 2.48. The van der Waals surface area contributed by atoms with Crippen LogP contribution in [0, 0.1) is 0 Å². The maximum Gasteiger partial charge on any atom is 0.340 e. The maximum absolute atomic E-state index is 11.7. The fourth-order valence-corrected chi connectivity index (χ4v) is 2.86. The second kappa shape index (κ2) is 5.85. The van der Waals surface area contributed by atoms with E-state index in [1.54, 1.807) is 30.3 Å². The minimum absolute atomic E-state index is 0.345. The molecule has 0 bridgehead atoms. The average molecular weight is 292 g/mol. The molecule has 21 heavy (non-hydrogen) atoms. The van der Waals surface area contributed by atoms with E-state index < -0.39 is 23.1 Å². The Morgan fingerprint density at radius 2 is 1.67 bits per heavy atom. The zero-order valence-electron chi connectivity index (χ0n) is 12.0. The van der Waals surface area contributed by atoms with Gasteiger partial charge in [-0.2, -0.15) is 0 Å². The molecule has 0 saturated heterocycles. The second-order valence-electron chi connectivity index (χ2n) is 5.67. The van der Waals surface area contributed by atoms with Crippen LogP contribution in [0.25, 0.3) is 0 Å². The molecule has 1 saturated carbocycles. The van der Waals surface area contributed by atoms with Crippen LogP contribution in [0.1, 0.15) is 44.6 Å². The standard InChI is InChI=1S/C16H20O5/c1-15(13(17)18,12-8-4-2-5-9-12)21-16(14(19)20)10-6-3-7-11-16/h2,4-5,8-9H,3,6-7,10-11H2,1H3,(H,17,18)(H,19,20)/t15-/m0/s1. The molecule has 5 nitrogen and oxygen atoms in total. The summed E-state index contributed by atoms with van der Waals surface area (Å²) in [6, 6.07) is 8.50. The van der Waals surface area contributed by atoms with Gasteiger partial charge in [0.2, 0.25) is 0 Å². The van der Waals surface area contributed by atoms with Crippen LogP contribution in [0.5, 0.6) is 0 Å². The number of carboxylic acids is 2. The van der Waals surface area contributed by atoms with Gasteiger partial charge in [-0.05, 0) is 38.2 Å². The maximum atomic E-state index is 11.7. The van der Waals surface area contributed by atoms with Gasteiger partial charge in [0, 0.05) is 0 Å². The van der Waals surface area contributed by atoms with Crippen LogP contribution in [0.3, 0.4) is 0 Å². The van der Waals surface area contributed by atoms with Crippen molar-refractivity contribution in [2.75, 3.05) is 0 Å². The highest BCUT2D eigenvalue weighted by Crippen LogP contribution is 2.39. The Hall–Kier alpha value is -1.88. The molecule has 1 aliphatic rings. The van der Waals surface area contributed by atoms with Gasteiger partial charge >= 0.3 is 11.9 Å². The normalized spacial score (nSPS) is 20.4. The lowest BCUT2D eigenvalue weighted by Gasteiger charge is -2.39. The summed E-state index contributed by atoms with van der Waals surface area (Å²) >= 11 is 0. The molecular formula is C16H20O5. The lowest BCUT2D eigenvalue weighted by Crippen LogP contribution is -2.51. The van der Waals surface area contributed by atoms with Crippen LogP contribution >= 0.6 is 0 Å². The number of hydrogen-bond donors (Lipinski definition) is 2. The van der Waals surface area contributed by atoms with Gasteiger partial charge in [0.15, 0.2) is 11.2 Å². The SMILES string of the molecule is C[C@@](OC1(C(=O)O)CCCCC1)(C(=O)O)c1ccccc1. The van der Waals surface area contributed by atoms with Crippen molar-refractivity contribution in [3.8, 4) is 0 Å². The molecule has 0 aromatic heterocycles. The summed E-state index contributed by atoms with van der Waals surface area (Å²) in [5.41, 5.74) is -2.64. The quantitative estimate of drug-likeness (QED) is 0.871. The molecular weight excluding hydrogens is 272 g/mol. The molecule has 1 aliphatic carbocycles. The van der Waals surface area contributed by atoms with E-state index in [-0.39, 0.29) is 0 Å². The van der Waals surface area contributed by atoms with Crippen LogP contribution in [-0.2, 0) is 19.9 Å². The fraction of sp³-hybridized carbons (Fsp3) is 0.500. The lowest BCUT2D eigenvalue weighted by molar-refractivity contribution is -0.210. The van der Waals surface area contributed by atoms with E-state index in [0.717, 1.165) is 19.3 Å². The molecule has 2 rings (SSSR count). The molecule has 5 heteroatoms. The monoisotopic (exact) mass is 292 g/mol. The minimum atomic E-state index is -1.67. The van der Waals surface area contributed by atoms with E-state index in [2.05, 4.69) is 0 Å². The Labute approximate surface area is 123 Å². The zero-order chi connectivity index (χ0) is 15.5. The Morgan fingerprint density at radius 1 is 1.10 bits per heavy atom. The fourth-order valence-electron chi connectivity index (χ4n) is 2.86. The molecule has 1 atom stereocenters. The Morgan fingerprint density at radius 3 is 2.14 bits per heavy atom. The largest absolute Gasteiger partial charge is 0.479 e. The van der Waals surface area contributed by atoms with Gasteiger partial charge in [-0.15, -0.1) is 0 Å². The Kier molecular flexibility index (Phi) is 4.32. The molecule has 0 aliphatic heterocycles. The summed E-state index contributed by atoms with van der Waals surface area (Å²) in [6.07, 6.45) is 3.11. The molecule has 2 N–H and O–H groups in total. The van der Waals surface area contributed by atoms with E-state index >= 15 is 0 Å². The van der Waals surface area contributed by atoms with Crippen molar-refractivity contribution in [3.05, 3.63) is 35.9 Å². The third kappa shape index (κ3) is 2.93. The van der Waals surface area contributed by atoms with Crippen LogP contribution in [0.2, 0.25) is 0 Å². The number of ether oxygens (including phenoxy) is 1. The number of carbonyl (C=O) groups is 2. The van der Waals surface area contributed by atoms with Crippen molar-refractivity contribution in [3.63, 3.8) is 0 Å². The van der Waals surface area contributed by atoms with E-state index in [1.165, 1.54) is 6.92 Å². The molecule has 1 fully saturated rings. The van der Waals surface area contributed by atoms with Crippen molar-refractivity contribution in [1.82, 2.24) is 0 Å². The summed E-state index contributed by atoms with van der Waals surface area (Å²) in [5, 5.41) is 19.2. The number of aliphatic carboxylic acids is 2. The Balaban J connectivity index is 2.39. The van der Waals surface area contributed by atoms with Crippen molar-refractivity contribution >= 4 is 11.9 Å². The summed E-state index contributed by atoms with van der Waals surface area (Å²) in [6.45, 7) is 1.42. The van der Waals surface area contributed by atoms with Gasteiger partial charge < -0.3 is 14.9 Å². The highest BCUT2D eigenvalue weighted by Gasteiger charge is 2.50. The smallest absolute Gasteiger partial charge is 0.340 e. The van der Waals surface area contributed by atoms with Crippen molar-refractivity contribution in [2.24, 2.45) is 0 Å². The number of rotatable bonds is 5. The van der Waals surface area contributed by atoms with Crippen molar-refractivity contribution in [2.45, 2.75) is 50.2 Å². The van der Waals surface area contributed by atoms with Gasteiger partial charge in [-0.1, -0.05) is 36.8 Å². The number of carboxylic acid groups (broad SMARTS) is 2. The van der Waals surface area contributed by atoms with Crippen molar-refractivity contribution < 1.29 is 24.5 Å². The predicted octanol–water partition coefficient (Wildman–Crippen LogP) is 2.79. The van der Waals surface area contributed by atoms with Crippen LogP contribution in [0.4, 0.5) is 0 Å². The van der Waals surface area contributed by atoms with E-state index in [9.17, 15) is 19.8 Å². The van der Waals surface area contributed by atoms with Gasteiger partial charge in [0.05, 0.1) is 0 Å². The van der Waals surface area contributed by atoms with Crippen LogP contribution < -0.4 is 0 Å². The van der Waals surface area contributed by atoms with E-state index in [1.807, 2.05) is 0 Å². The molecule has 0 spiro atoms. The highest BCUT2D eigenvalue weighted by atomic mass is 16.6. The summed E-state index contributed by atoms with van der Waals surface area (Å²) in [5.74, 6) is -2.26. The number of benzene rings is 1. The van der Waals surface area contributed by atoms with Crippen LogP contribution in [-0.4, -0.2) is 27.8 Å². The van der Waals surface area contributed by atoms with Crippen LogP contribution in [0.15, 0.2) is 30.3 Å². The second-order valence-corrected chi connectivity index (χ2v) is 5.67.